The molecule has 0 amide bonds. The molecule has 2 aliphatic rings. The first-order valence-electron chi connectivity index (χ1n) is 18.9. The highest BCUT2D eigenvalue weighted by Crippen LogP contribution is 2.38. The molecule has 2 aromatic carbocycles. The normalized spacial score (nSPS) is 20.4. The van der Waals surface area contributed by atoms with Crippen LogP contribution in [0.25, 0.3) is 0 Å². The molecule has 60 heavy (non-hydrogen) atoms. The Morgan fingerprint density at radius 1 is 0.667 bits per heavy atom. The smallest absolute Gasteiger partial charge is 0.359 e. The van der Waals surface area contributed by atoms with E-state index < -0.39 is 108 Å². The van der Waals surface area contributed by atoms with E-state index in [2.05, 4.69) is 9.44 Å². The molecule has 0 aliphatic carbocycles. The van der Waals surface area contributed by atoms with Gasteiger partial charge < -0.3 is 18.9 Å². The number of nitrogens with one attached hydrogen (secondary N) is 2. The molecule has 336 valence electrons. The first kappa shape index (κ1) is 52.4. The average molecular weight is 908 g/mol. The van der Waals surface area contributed by atoms with Gasteiger partial charge in [0.2, 0.25) is 0 Å². The Kier molecular flexibility index (Phi) is 17.5. The van der Waals surface area contributed by atoms with Gasteiger partial charge in [0.25, 0.3) is 11.6 Å². The maximum Gasteiger partial charge on any atom is 0.359 e. The lowest BCUT2D eigenvalue weighted by Gasteiger charge is -2.38. The summed E-state index contributed by atoms with van der Waals surface area (Å²) in [6.45, 7) is 19.4. The summed E-state index contributed by atoms with van der Waals surface area (Å²) in [5.74, 6) is -9.07. The summed E-state index contributed by atoms with van der Waals surface area (Å²) in [6.07, 6.45) is -0.630. The summed E-state index contributed by atoms with van der Waals surface area (Å²) in [5.41, 5.74) is -5.00. The molecule has 2 aromatic rings. The third kappa shape index (κ3) is 13.9. The Morgan fingerprint density at radius 3 is 1.35 bits per heavy atom. The molecule has 0 saturated carbocycles. The Labute approximate surface area is 357 Å². The summed E-state index contributed by atoms with van der Waals surface area (Å²) in [5, 5.41) is 0. The number of cyclic esters (lactones) is 4. The first-order valence-corrected chi connectivity index (χ1v) is 21.8. The van der Waals surface area contributed by atoms with Crippen LogP contribution in [0.15, 0.2) is 53.4 Å². The SMILES string of the molecule is CC1(C)OC(=O)C(CC[C@](C)(N[S@](=O)C(C)(C)C)c2ccccc2F)C(=O)O1.CC1(C)OC(=O)C(F)(CC[C@](C)(N[S@](=O)C(C)(C)C)c2ccccc2F)C(=O)O1.FN=[SiH2]. The van der Waals surface area contributed by atoms with Gasteiger partial charge >= 0.3 is 29.5 Å². The van der Waals surface area contributed by atoms with Gasteiger partial charge in [0.05, 0.1) is 42.5 Å². The van der Waals surface area contributed by atoms with E-state index in [1.165, 1.54) is 52.0 Å². The molecule has 2 N–H and O–H groups in total. The number of hydrogen-bond acceptors (Lipinski definition) is 11. The van der Waals surface area contributed by atoms with Crippen LogP contribution in [0.1, 0.15) is 120 Å². The zero-order valence-electron chi connectivity index (χ0n) is 36.1. The first-order chi connectivity index (χ1) is 27.3. The van der Waals surface area contributed by atoms with E-state index in [-0.39, 0.29) is 24.8 Å². The molecule has 20 heteroatoms. The van der Waals surface area contributed by atoms with E-state index in [1.807, 2.05) is 4.86 Å². The number of hydrogen-bond donors (Lipinski definition) is 2. The minimum Gasteiger partial charge on any atom is -0.422 e. The second-order valence-electron chi connectivity index (χ2n) is 17.5. The van der Waals surface area contributed by atoms with Crippen molar-refractivity contribution in [2.75, 3.05) is 0 Å². The number of halogens is 4. The number of esters is 4. The summed E-state index contributed by atoms with van der Waals surface area (Å²) < 4.78 is 104. The molecule has 4 rings (SSSR count). The maximum absolute atomic E-state index is 15.3. The molecule has 0 spiro atoms. The van der Waals surface area contributed by atoms with Crippen molar-refractivity contribution in [2.24, 2.45) is 10.8 Å². The van der Waals surface area contributed by atoms with Crippen LogP contribution in [0.3, 0.4) is 0 Å². The molecule has 4 atom stereocenters. The van der Waals surface area contributed by atoms with E-state index in [4.69, 9.17) is 18.9 Å². The molecular weight excluding hydrogens is 851 g/mol. The summed E-state index contributed by atoms with van der Waals surface area (Å²) >= 11 is 0. The predicted octanol–water partition coefficient (Wildman–Crippen LogP) is 6.43. The van der Waals surface area contributed by atoms with Crippen LogP contribution in [0.5, 0.6) is 0 Å². The Bertz CT molecular complexity index is 1920. The van der Waals surface area contributed by atoms with Crippen molar-refractivity contribution in [3.05, 3.63) is 71.3 Å². The maximum atomic E-state index is 15.3. The summed E-state index contributed by atoms with van der Waals surface area (Å²) in [4.78, 5) is 50.9. The van der Waals surface area contributed by atoms with Crippen molar-refractivity contribution in [3.8, 4) is 0 Å². The minimum absolute atomic E-state index is 0.0624. The van der Waals surface area contributed by atoms with Crippen molar-refractivity contribution in [1.29, 1.82) is 0 Å². The zero-order chi connectivity index (χ0) is 46.3. The van der Waals surface area contributed by atoms with Crippen LogP contribution in [0.2, 0.25) is 0 Å². The lowest BCUT2D eigenvalue weighted by Crippen LogP contribution is -2.57. The van der Waals surface area contributed by atoms with Gasteiger partial charge in [-0.15, -0.1) is 0 Å². The van der Waals surface area contributed by atoms with Crippen molar-refractivity contribution < 1.29 is 64.2 Å². The highest BCUT2D eigenvalue weighted by atomic mass is 32.2. The summed E-state index contributed by atoms with van der Waals surface area (Å²) in [6, 6.07) is 12.0. The third-order valence-corrected chi connectivity index (χ3v) is 12.7. The van der Waals surface area contributed by atoms with Crippen molar-refractivity contribution in [3.63, 3.8) is 0 Å². The molecule has 0 aromatic heterocycles. The van der Waals surface area contributed by atoms with E-state index >= 15 is 4.39 Å². The average Bonchev–Trinajstić information content (AvgIpc) is 3.09. The number of alkyl halides is 1. The molecule has 0 unspecified atom stereocenters. The second-order valence-corrected chi connectivity index (χ2v) is 21.7. The van der Waals surface area contributed by atoms with Gasteiger partial charge in [-0.25, -0.2) is 40.6 Å². The molecule has 2 heterocycles. The molecule has 0 bridgehead atoms. The molecule has 0 radical (unpaired) electrons. The van der Waals surface area contributed by atoms with Crippen LogP contribution >= 0.6 is 0 Å². The Morgan fingerprint density at radius 2 is 1.00 bits per heavy atom. The fraction of sp³-hybridized carbons (Fsp3) is 0.600. The number of ether oxygens (including phenoxy) is 4. The monoisotopic (exact) mass is 907 g/mol. The highest BCUT2D eigenvalue weighted by Gasteiger charge is 2.58. The second kappa shape index (κ2) is 20.0. The van der Waals surface area contributed by atoms with Crippen LogP contribution < -0.4 is 9.44 Å². The minimum atomic E-state index is -3.03. The van der Waals surface area contributed by atoms with E-state index in [0.29, 0.717) is 5.56 Å². The van der Waals surface area contributed by atoms with Gasteiger partial charge in [0.15, 0.2) is 5.92 Å². The molecule has 2 saturated heterocycles. The van der Waals surface area contributed by atoms with Gasteiger partial charge in [-0.2, -0.15) is 4.86 Å². The fourth-order valence-electron chi connectivity index (χ4n) is 5.77. The lowest BCUT2D eigenvalue weighted by molar-refractivity contribution is -0.253. The topological polar surface area (TPSA) is 176 Å². The molecular formula is C40H57F4N3O10S2Si. The van der Waals surface area contributed by atoms with Crippen LogP contribution in [0.4, 0.5) is 17.7 Å². The zero-order valence-corrected chi connectivity index (χ0v) is 39.1. The van der Waals surface area contributed by atoms with E-state index in [9.17, 15) is 40.9 Å². The van der Waals surface area contributed by atoms with Gasteiger partial charge in [0, 0.05) is 45.2 Å². The molecule has 2 fully saturated rings. The van der Waals surface area contributed by atoms with Crippen molar-refractivity contribution in [2.45, 2.75) is 147 Å². The van der Waals surface area contributed by atoms with Gasteiger partial charge in [-0.1, -0.05) is 40.9 Å². The number of rotatable bonds is 12. The van der Waals surface area contributed by atoms with Gasteiger partial charge in [-0.05, 0) is 86.8 Å². The number of carbonyl (C=O) groups excluding carboxylic acids is 4. The summed E-state index contributed by atoms with van der Waals surface area (Å²) in [7, 11) is -2.21. The van der Waals surface area contributed by atoms with Crippen LogP contribution in [-0.2, 0) is 71.2 Å². The van der Waals surface area contributed by atoms with Gasteiger partial charge in [0.1, 0.15) is 21.7 Å². The number of carbonyl (C=O) groups is 4. The van der Waals surface area contributed by atoms with Crippen LogP contribution in [0, 0.1) is 17.6 Å². The Balaban J connectivity index is 0.000000388. The fourth-order valence-corrected chi connectivity index (χ4v) is 7.62. The largest absolute Gasteiger partial charge is 0.422 e. The standard InChI is InChI=1S/C20H27F2NO5S.C20H28FNO5S.FH2NSi/c1-17(2,3)29(26)23-19(6,13-9-7-8-10-14(13)21)11-12-20(22)15(24)27-18(4,5)28-16(20)25;1-18(2,3)28(25)22-20(6,14-9-7-8-10-15(14)21)12-11-13-16(23)26-19(4,5)27-17(13)24;1-2-3/h7-10,23H,11-12H2,1-6H3;7-10,13,22H,11-12H2,1-6H3;3H2/t19-,29+;20-,28+;/m00./s1. The Hall–Kier alpha value is -3.72. The van der Waals surface area contributed by atoms with E-state index in [0.717, 1.165) is 10.0 Å². The molecule has 2 aliphatic heterocycles. The van der Waals surface area contributed by atoms with Gasteiger partial charge in [-0.3, -0.25) is 9.59 Å². The van der Waals surface area contributed by atoms with Crippen LogP contribution in [-0.4, -0.2) is 69.1 Å². The predicted molar refractivity (Wildman–Crippen MR) is 220 cm³/mol. The quantitative estimate of drug-likeness (QED) is 0.105. The lowest BCUT2D eigenvalue weighted by atomic mass is 9.84. The third-order valence-electron chi connectivity index (χ3n) is 9.17. The molecule has 13 nitrogen and oxygen atoms in total. The number of nitrogens with zero attached hydrogens (tertiary/aromatic N) is 1. The van der Waals surface area contributed by atoms with Crippen molar-refractivity contribution in [1.82, 2.24) is 9.44 Å². The highest BCUT2D eigenvalue weighted by molar-refractivity contribution is 7.84. The number of benzene rings is 2. The van der Waals surface area contributed by atoms with E-state index in [1.54, 1.807) is 79.7 Å². The van der Waals surface area contributed by atoms with Crippen molar-refractivity contribution >= 4 is 55.9 Å².